The normalized spacial score (nSPS) is 11.8. The van der Waals surface area contributed by atoms with E-state index in [1.165, 1.54) is 25.7 Å². The first-order chi connectivity index (χ1) is 6.41. The molecular weight excluding hydrogens is 158 g/mol. The van der Waals surface area contributed by atoms with Crippen molar-refractivity contribution >= 4 is 0 Å². The maximum absolute atomic E-state index is 3.33. The second-order valence-corrected chi connectivity index (χ2v) is 3.18. The Morgan fingerprint density at radius 1 is 0.769 bits per heavy atom. The maximum Gasteiger partial charge on any atom is 0.0137 e. The van der Waals surface area contributed by atoms with Crippen molar-refractivity contribution in [1.29, 1.82) is 0 Å². The molecular formula is C12H23N. The third-order valence-corrected chi connectivity index (χ3v) is 1.77. The quantitative estimate of drug-likeness (QED) is 0.447. The van der Waals surface area contributed by atoms with Gasteiger partial charge in [-0.05, 0) is 12.8 Å². The first-order valence-electron chi connectivity index (χ1n) is 5.42. The largest absolute Gasteiger partial charge is 0.310 e. The van der Waals surface area contributed by atoms with E-state index >= 15 is 0 Å². The minimum Gasteiger partial charge on any atom is -0.310 e. The Morgan fingerprint density at radius 3 is 1.62 bits per heavy atom. The van der Waals surface area contributed by atoms with E-state index in [1.54, 1.807) is 0 Å². The summed E-state index contributed by atoms with van der Waals surface area (Å²) in [5.41, 5.74) is 0. The predicted molar refractivity (Wildman–Crippen MR) is 61.0 cm³/mol. The molecule has 1 N–H and O–H groups in total. The Kier molecular flexibility index (Phi) is 10.9. The lowest BCUT2D eigenvalue weighted by Gasteiger charge is -1.94. The van der Waals surface area contributed by atoms with E-state index in [-0.39, 0.29) is 0 Å². The number of unbranched alkanes of at least 4 members (excludes halogenated alkanes) is 2. The molecule has 76 valence electrons. The molecule has 0 aromatic heterocycles. The lowest BCUT2D eigenvalue weighted by Crippen LogP contribution is -2.12. The van der Waals surface area contributed by atoms with Gasteiger partial charge in [0.25, 0.3) is 0 Å². The van der Waals surface area contributed by atoms with Crippen molar-refractivity contribution in [1.82, 2.24) is 5.32 Å². The van der Waals surface area contributed by atoms with E-state index in [9.17, 15) is 0 Å². The fraction of sp³-hybridized carbons (Fsp3) is 0.667. The van der Waals surface area contributed by atoms with Crippen molar-refractivity contribution < 1.29 is 0 Å². The van der Waals surface area contributed by atoms with Gasteiger partial charge in [0.05, 0.1) is 0 Å². The SMILES string of the molecule is CCCC=CCNCC=CCCC. The summed E-state index contributed by atoms with van der Waals surface area (Å²) >= 11 is 0. The van der Waals surface area contributed by atoms with E-state index in [1.807, 2.05) is 0 Å². The first-order valence-corrected chi connectivity index (χ1v) is 5.42. The van der Waals surface area contributed by atoms with Gasteiger partial charge in [0.15, 0.2) is 0 Å². The fourth-order valence-corrected chi connectivity index (χ4v) is 0.986. The van der Waals surface area contributed by atoms with Gasteiger partial charge in [0.1, 0.15) is 0 Å². The summed E-state index contributed by atoms with van der Waals surface area (Å²) < 4.78 is 0. The lowest BCUT2D eigenvalue weighted by molar-refractivity contribution is 0.831. The molecule has 0 aromatic rings. The highest BCUT2D eigenvalue weighted by molar-refractivity contribution is 4.87. The van der Waals surface area contributed by atoms with Crippen LogP contribution in [0, 0.1) is 0 Å². The number of rotatable bonds is 8. The van der Waals surface area contributed by atoms with Gasteiger partial charge in [-0.15, -0.1) is 0 Å². The highest BCUT2D eigenvalue weighted by atomic mass is 14.8. The summed E-state index contributed by atoms with van der Waals surface area (Å²) in [5.74, 6) is 0. The van der Waals surface area contributed by atoms with E-state index < -0.39 is 0 Å². The zero-order valence-electron chi connectivity index (χ0n) is 9.05. The second kappa shape index (κ2) is 11.4. The van der Waals surface area contributed by atoms with Gasteiger partial charge in [-0.3, -0.25) is 0 Å². The molecule has 0 fully saturated rings. The van der Waals surface area contributed by atoms with Crippen LogP contribution >= 0.6 is 0 Å². The molecule has 0 spiro atoms. The molecule has 0 aliphatic heterocycles. The molecule has 0 aliphatic rings. The minimum atomic E-state index is 0.996. The molecule has 1 nitrogen and oxygen atoms in total. The molecule has 0 heterocycles. The van der Waals surface area contributed by atoms with Crippen LogP contribution in [0.4, 0.5) is 0 Å². The monoisotopic (exact) mass is 181 g/mol. The summed E-state index contributed by atoms with van der Waals surface area (Å²) in [6.45, 7) is 6.39. The van der Waals surface area contributed by atoms with Crippen molar-refractivity contribution in [3.8, 4) is 0 Å². The molecule has 0 saturated heterocycles. The van der Waals surface area contributed by atoms with E-state index in [2.05, 4.69) is 43.5 Å². The average molecular weight is 181 g/mol. The second-order valence-electron chi connectivity index (χ2n) is 3.18. The van der Waals surface area contributed by atoms with Gasteiger partial charge in [-0.2, -0.15) is 0 Å². The van der Waals surface area contributed by atoms with Gasteiger partial charge >= 0.3 is 0 Å². The highest BCUT2D eigenvalue weighted by Crippen LogP contribution is 1.88. The Labute approximate surface area is 82.9 Å². The number of hydrogen-bond donors (Lipinski definition) is 1. The number of allylic oxidation sites excluding steroid dienone is 2. The van der Waals surface area contributed by atoms with Gasteiger partial charge in [-0.25, -0.2) is 0 Å². The van der Waals surface area contributed by atoms with Crippen molar-refractivity contribution in [3.05, 3.63) is 24.3 Å². The number of nitrogens with one attached hydrogen (secondary N) is 1. The third kappa shape index (κ3) is 11.4. The van der Waals surface area contributed by atoms with Crippen LogP contribution < -0.4 is 5.32 Å². The van der Waals surface area contributed by atoms with Crippen molar-refractivity contribution in [2.45, 2.75) is 39.5 Å². The maximum atomic E-state index is 3.33. The van der Waals surface area contributed by atoms with E-state index in [0.717, 1.165) is 13.1 Å². The van der Waals surface area contributed by atoms with Crippen molar-refractivity contribution in [3.63, 3.8) is 0 Å². The number of hydrogen-bond acceptors (Lipinski definition) is 1. The molecule has 0 amide bonds. The summed E-state index contributed by atoms with van der Waals surface area (Å²) in [4.78, 5) is 0. The zero-order valence-corrected chi connectivity index (χ0v) is 9.05. The Balaban J connectivity index is 3.07. The summed E-state index contributed by atoms with van der Waals surface area (Å²) in [6.07, 6.45) is 13.8. The molecule has 13 heavy (non-hydrogen) atoms. The average Bonchev–Trinajstić information content (AvgIpc) is 2.16. The van der Waals surface area contributed by atoms with Gasteiger partial charge in [0.2, 0.25) is 0 Å². The highest BCUT2D eigenvalue weighted by Gasteiger charge is 1.78. The standard InChI is InChI=1S/C12H23N/c1-3-5-7-9-11-13-12-10-8-6-4-2/h7-10,13H,3-6,11-12H2,1-2H3. The molecule has 0 saturated carbocycles. The smallest absolute Gasteiger partial charge is 0.0137 e. The Hall–Kier alpha value is -0.560. The molecule has 0 unspecified atom stereocenters. The molecule has 0 radical (unpaired) electrons. The molecule has 0 rings (SSSR count). The van der Waals surface area contributed by atoms with Crippen LogP contribution in [0.2, 0.25) is 0 Å². The van der Waals surface area contributed by atoms with Crippen molar-refractivity contribution in [2.75, 3.05) is 13.1 Å². The topological polar surface area (TPSA) is 12.0 Å². The van der Waals surface area contributed by atoms with Crippen LogP contribution in [0.5, 0.6) is 0 Å². The summed E-state index contributed by atoms with van der Waals surface area (Å²) in [5, 5.41) is 3.33. The summed E-state index contributed by atoms with van der Waals surface area (Å²) in [7, 11) is 0. The Morgan fingerprint density at radius 2 is 1.23 bits per heavy atom. The van der Waals surface area contributed by atoms with Crippen LogP contribution in [0.1, 0.15) is 39.5 Å². The van der Waals surface area contributed by atoms with Crippen LogP contribution in [-0.2, 0) is 0 Å². The minimum absolute atomic E-state index is 0.996. The van der Waals surface area contributed by atoms with E-state index in [0.29, 0.717) is 0 Å². The first kappa shape index (κ1) is 12.4. The van der Waals surface area contributed by atoms with Gasteiger partial charge in [-0.1, -0.05) is 51.0 Å². The van der Waals surface area contributed by atoms with Gasteiger partial charge < -0.3 is 5.32 Å². The third-order valence-electron chi connectivity index (χ3n) is 1.77. The van der Waals surface area contributed by atoms with Crippen LogP contribution in [0.3, 0.4) is 0 Å². The molecule has 0 atom stereocenters. The fourth-order valence-electron chi connectivity index (χ4n) is 0.986. The predicted octanol–water partition coefficient (Wildman–Crippen LogP) is 3.29. The van der Waals surface area contributed by atoms with Crippen LogP contribution in [0.15, 0.2) is 24.3 Å². The zero-order chi connectivity index (χ0) is 9.78. The van der Waals surface area contributed by atoms with Crippen LogP contribution in [-0.4, -0.2) is 13.1 Å². The molecule has 1 heteroatoms. The molecule has 0 bridgehead atoms. The summed E-state index contributed by atoms with van der Waals surface area (Å²) in [6, 6.07) is 0. The van der Waals surface area contributed by atoms with Gasteiger partial charge in [0, 0.05) is 13.1 Å². The molecule has 0 aliphatic carbocycles. The Bertz CT molecular complexity index is 120. The van der Waals surface area contributed by atoms with E-state index in [4.69, 9.17) is 0 Å². The van der Waals surface area contributed by atoms with Crippen molar-refractivity contribution in [2.24, 2.45) is 0 Å². The molecule has 0 aromatic carbocycles. The lowest BCUT2D eigenvalue weighted by atomic mass is 10.3. The van der Waals surface area contributed by atoms with Crippen LogP contribution in [0.25, 0.3) is 0 Å².